The van der Waals surface area contributed by atoms with Crippen molar-refractivity contribution < 1.29 is 23.0 Å². The van der Waals surface area contributed by atoms with Crippen molar-refractivity contribution >= 4 is 11.6 Å². The van der Waals surface area contributed by atoms with E-state index in [1.165, 1.54) is 25.3 Å². The van der Waals surface area contributed by atoms with Crippen molar-refractivity contribution in [3.8, 4) is 11.5 Å². The van der Waals surface area contributed by atoms with Crippen LogP contribution in [0.1, 0.15) is 20.3 Å². The number of halogens is 2. The number of nitrogens with one attached hydrogen (secondary N) is 1. The summed E-state index contributed by atoms with van der Waals surface area (Å²) in [6.45, 7) is 0.691. The number of amides is 1. The van der Waals surface area contributed by atoms with Gasteiger partial charge in [0.15, 0.2) is 0 Å². The number of anilines is 1. The lowest BCUT2D eigenvalue weighted by Crippen LogP contribution is -2.39. The van der Waals surface area contributed by atoms with E-state index in [9.17, 15) is 13.6 Å². The maximum absolute atomic E-state index is 12.4. The summed E-state index contributed by atoms with van der Waals surface area (Å²) in [5.41, 5.74) is 4.94. The summed E-state index contributed by atoms with van der Waals surface area (Å²) in [6.07, 6.45) is 0.518. The van der Waals surface area contributed by atoms with E-state index in [4.69, 9.17) is 10.5 Å². The van der Waals surface area contributed by atoms with Crippen molar-refractivity contribution in [2.45, 2.75) is 26.9 Å². The van der Waals surface area contributed by atoms with E-state index in [1.54, 1.807) is 6.92 Å². The molecule has 1 aromatic carbocycles. The largest absolute Gasteiger partial charge is 0.497 e. The lowest BCUT2D eigenvalue weighted by molar-refractivity contribution is -0.124. The third-order valence-electron chi connectivity index (χ3n) is 3.43. The van der Waals surface area contributed by atoms with Gasteiger partial charge in [-0.3, -0.25) is 4.79 Å². The Labute approximate surface area is 122 Å². The Morgan fingerprint density at radius 1 is 1.48 bits per heavy atom. The molecule has 3 N–H and O–H groups in total. The standard InChI is InChI=1S/C14H20F2N2O3/c1-4-14(2,8-17)12(19)18-10-7-9(20-3)5-6-11(10)21-13(15)16/h5-7,13H,4,8,17H2,1-3H3,(H,18,19). The number of carbonyl (C=O) groups excluding carboxylic acids is 1. The van der Waals surface area contributed by atoms with E-state index in [2.05, 4.69) is 10.1 Å². The minimum absolute atomic E-state index is 0.118. The Bertz CT molecular complexity index is 491. The van der Waals surface area contributed by atoms with Crippen LogP contribution in [0.2, 0.25) is 0 Å². The molecular formula is C14H20F2N2O3. The quantitative estimate of drug-likeness (QED) is 0.812. The second-order valence-corrected chi connectivity index (χ2v) is 4.81. The summed E-state index contributed by atoms with van der Waals surface area (Å²) in [5, 5.41) is 2.58. The van der Waals surface area contributed by atoms with Gasteiger partial charge in [-0.25, -0.2) is 0 Å². The molecule has 1 amide bonds. The van der Waals surface area contributed by atoms with Crippen LogP contribution in [0.15, 0.2) is 18.2 Å². The maximum atomic E-state index is 12.4. The fourth-order valence-corrected chi connectivity index (χ4v) is 1.60. The van der Waals surface area contributed by atoms with Gasteiger partial charge >= 0.3 is 6.61 Å². The van der Waals surface area contributed by atoms with Crippen LogP contribution in [-0.4, -0.2) is 26.2 Å². The number of hydrogen-bond acceptors (Lipinski definition) is 4. The van der Waals surface area contributed by atoms with E-state index >= 15 is 0 Å². The predicted octanol–water partition coefficient (Wildman–Crippen LogP) is 2.61. The van der Waals surface area contributed by atoms with Crippen molar-refractivity contribution in [3.05, 3.63) is 18.2 Å². The Balaban J connectivity index is 3.06. The lowest BCUT2D eigenvalue weighted by Gasteiger charge is -2.25. The number of nitrogens with two attached hydrogens (primary N) is 1. The van der Waals surface area contributed by atoms with Gasteiger partial charge in [-0.05, 0) is 25.5 Å². The van der Waals surface area contributed by atoms with E-state index in [-0.39, 0.29) is 23.9 Å². The normalized spacial score (nSPS) is 13.7. The van der Waals surface area contributed by atoms with E-state index < -0.39 is 12.0 Å². The van der Waals surface area contributed by atoms with Gasteiger partial charge in [0, 0.05) is 12.6 Å². The topological polar surface area (TPSA) is 73.6 Å². The summed E-state index contributed by atoms with van der Waals surface area (Å²) in [6, 6.07) is 4.20. The summed E-state index contributed by atoms with van der Waals surface area (Å²) in [7, 11) is 1.44. The highest BCUT2D eigenvalue weighted by Crippen LogP contribution is 2.32. The molecule has 0 fully saturated rings. The zero-order valence-electron chi connectivity index (χ0n) is 12.3. The molecule has 0 aromatic heterocycles. The average Bonchev–Trinajstić information content (AvgIpc) is 2.47. The van der Waals surface area contributed by atoms with Crippen molar-refractivity contribution in [1.29, 1.82) is 0 Å². The minimum atomic E-state index is -2.99. The molecule has 0 spiro atoms. The average molecular weight is 302 g/mol. The summed E-state index contributed by atoms with van der Waals surface area (Å²) >= 11 is 0. The first-order valence-corrected chi connectivity index (χ1v) is 6.50. The first-order chi connectivity index (χ1) is 9.86. The molecule has 1 aromatic rings. The van der Waals surface area contributed by atoms with Crippen LogP contribution in [0.3, 0.4) is 0 Å². The highest BCUT2D eigenvalue weighted by molar-refractivity contribution is 5.96. The maximum Gasteiger partial charge on any atom is 0.387 e. The van der Waals surface area contributed by atoms with Crippen LogP contribution in [0.5, 0.6) is 11.5 Å². The molecule has 0 bridgehead atoms. The van der Waals surface area contributed by atoms with Crippen LogP contribution in [0, 0.1) is 5.41 Å². The second kappa shape index (κ2) is 7.21. The first kappa shape index (κ1) is 17.2. The molecule has 5 nitrogen and oxygen atoms in total. The first-order valence-electron chi connectivity index (χ1n) is 6.50. The number of ether oxygens (including phenoxy) is 2. The van der Waals surface area contributed by atoms with Gasteiger partial charge in [-0.15, -0.1) is 0 Å². The molecule has 0 aliphatic rings. The van der Waals surface area contributed by atoms with Gasteiger partial charge in [-0.1, -0.05) is 6.92 Å². The second-order valence-electron chi connectivity index (χ2n) is 4.81. The van der Waals surface area contributed by atoms with Gasteiger partial charge in [-0.2, -0.15) is 8.78 Å². The monoisotopic (exact) mass is 302 g/mol. The van der Waals surface area contributed by atoms with Gasteiger partial charge in [0.05, 0.1) is 18.2 Å². The van der Waals surface area contributed by atoms with Crippen LogP contribution in [-0.2, 0) is 4.79 Å². The number of benzene rings is 1. The summed E-state index contributed by atoms with van der Waals surface area (Å²) in [5.74, 6) is -0.0765. The Morgan fingerprint density at radius 3 is 2.62 bits per heavy atom. The van der Waals surface area contributed by atoms with Gasteiger partial charge in [0.25, 0.3) is 0 Å². The van der Waals surface area contributed by atoms with Gasteiger partial charge < -0.3 is 20.5 Å². The third kappa shape index (κ3) is 4.29. The Hall–Kier alpha value is -1.89. The predicted molar refractivity (Wildman–Crippen MR) is 75.7 cm³/mol. The molecular weight excluding hydrogens is 282 g/mol. The summed E-state index contributed by atoms with van der Waals surface area (Å²) < 4.78 is 34.2. The van der Waals surface area contributed by atoms with Gasteiger partial charge in [0.2, 0.25) is 5.91 Å². The Morgan fingerprint density at radius 2 is 2.14 bits per heavy atom. The highest BCUT2D eigenvalue weighted by Gasteiger charge is 2.30. The van der Waals surface area contributed by atoms with Crippen molar-refractivity contribution in [2.24, 2.45) is 11.1 Å². The van der Waals surface area contributed by atoms with Crippen molar-refractivity contribution in [3.63, 3.8) is 0 Å². The smallest absolute Gasteiger partial charge is 0.387 e. The van der Waals surface area contributed by atoms with Crippen LogP contribution < -0.4 is 20.5 Å². The molecule has 1 unspecified atom stereocenters. The number of hydrogen-bond donors (Lipinski definition) is 2. The van der Waals surface area contributed by atoms with Crippen LogP contribution in [0.4, 0.5) is 14.5 Å². The van der Waals surface area contributed by atoms with Crippen LogP contribution in [0.25, 0.3) is 0 Å². The number of alkyl halides is 2. The molecule has 0 heterocycles. The highest BCUT2D eigenvalue weighted by atomic mass is 19.3. The molecule has 0 saturated heterocycles. The van der Waals surface area contributed by atoms with E-state index in [1.807, 2.05) is 6.92 Å². The molecule has 1 atom stereocenters. The number of rotatable bonds is 7. The third-order valence-corrected chi connectivity index (χ3v) is 3.43. The SMILES string of the molecule is CCC(C)(CN)C(=O)Nc1cc(OC)ccc1OC(F)F. The zero-order chi connectivity index (χ0) is 16.0. The summed E-state index contributed by atoms with van der Waals surface area (Å²) in [4.78, 5) is 12.3. The molecule has 0 saturated carbocycles. The fraction of sp³-hybridized carbons (Fsp3) is 0.500. The molecule has 0 radical (unpaired) electrons. The minimum Gasteiger partial charge on any atom is -0.497 e. The van der Waals surface area contributed by atoms with E-state index in [0.29, 0.717) is 12.2 Å². The fourth-order valence-electron chi connectivity index (χ4n) is 1.60. The van der Waals surface area contributed by atoms with Crippen LogP contribution >= 0.6 is 0 Å². The van der Waals surface area contributed by atoms with Crippen molar-refractivity contribution in [1.82, 2.24) is 0 Å². The number of carbonyl (C=O) groups is 1. The molecule has 21 heavy (non-hydrogen) atoms. The van der Waals surface area contributed by atoms with E-state index in [0.717, 1.165) is 0 Å². The molecule has 1 rings (SSSR count). The molecule has 118 valence electrons. The molecule has 7 heteroatoms. The molecule has 0 aliphatic heterocycles. The Kier molecular flexibility index (Phi) is 5.90. The molecule has 0 aliphatic carbocycles. The zero-order valence-corrected chi connectivity index (χ0v) is 12.3. The van der Waals surface area contributed by atoms with Crippen molar-refractivity contribution in [2.75, 3.05) is 19.0 Å². The lowest BCUT2D eigenvalue weighted by atomic mass is 9.86. The number of methoxy groups -OCH3 is 1. The van der Waals surface area contributed by atoms with Gasteiger partial charge in [0.1, 0.15) is 11.5 Å².